The Bertz CT molecular complexity index is 750. The van der Waals surface area contributed by atoms with Crippen LogP contribution in [0.15, 0.2) is 48.7 Å². The third kappa shape index (κ3) is 4.54. The van der Waals surface area contributed by atoms with Crippen LogP contribution in [0.4, 0.5) is 0 Å². The number of hydrogen-bond acceptors (Lipinski definition) is 5. The Morgan fingerprint density at radius 3 is 2.80 bits per heavy atom. The van der Waals surface area contributed by atoms with Crippen molar-refractivity contribution in [3.63, 3.8) is 0 Å². The van der Waals surface area contributed by atoms with E-state index >= 15 is 0 Å². The van der Waals surface area contributed by atoms with Crippen molar-refractivity contribution in [1.82, 2.24) is 9.88 Å². The lowest BCUT2D eigenvalue weighted by Gasteiger charge is -2.32. The minimum atomic E-state index is -0.948. The van der Waals surface area contributed by atoms with Gasteiger partial charge >= 0.3 is 5.97 Å². The van der Waals surface area contributed by atoms with Gasteiger partial charge in [-0.05, 0) is 18.2 Å². The molecule has 1 aliphatic heterocycles. The Morgan fingerprint density at radius 1 is 1.24 bits per heavy atom. The van der Waals surface area contributed by atoms with E-state index in [2.05, 4.69) is 4.98 Å². The summed E-state index contributed by atoms with van der Waals surface area (Å²) in [5.41, 5.74) is 0.254. The van der Waals surface area contributed by atoms with E-state index in [4.69, 9.17) is 14.6 Å². The number of morpholine rings is 1. The maximum absolute atomic E-state index is 12.6. The molecular formula is C18H18N2O5. The van der Waals surface area contributed by atoms with E-state index < -0.39 is 12.1 Å². The van der Waals surface area contributed by atoms with E-state index in [0.29, 0.717) is 24.7 Å². The first-order chi connectivity index (χ1) is 12.1. The van der Waals surface area contributed by atoms with Crippen LogP contribution in [0.5, 0.6) is 11.5 Å². The summed E-state index contributed by atoms with van der Waals surface area (Å²) >= 11 is 0. The van der Waals surface area contributed by atoms with Gasteiger partial charge < -0.3 is 19.5 Å². The highest BCUT2D eigenvalue weighted by molar-refractivity contribution is 5.92. The number of benzene rings is 1. The van der Waals surface area contributed by atoms with Gasteiger partial charge in [-0.15, -0.1) is 0 Å². The molecule has 0 radical (unpaired) electrons. The van der Waals surface area contributed by atoms with E-state index in [9.17, 15) is 9.59 Å². The van der Waals surface area contributed by atoms with Crippen molar-refractivity contribution in [2.75, 3.05) is 19.7 Å². The molecule has 2 heterocycles. The fourth-order valence-corrected chi connectivity index (χ4v) is 2.60. The smallest absolute Gasteiger partial charge is 0.306 e. The van der Waals surface area contributed by atoms with Gasteiger partial charge in [0.2, 0.25) is 0 Å². The highest BCUT2D eigenvalue weighted by atomic mass is 16.5. The Labute approximate surface area is 144 Å². The number of para-hydroxylation sites is 1. The lowest BCUT2D eigenvalue weighted by atomic mass is 10.2. The highest BCUT2D eigenvalue weighted by Gasteiger charge is 2.27. The molecule has 1 N–H and O–H groups in total. The SMILES string of the molecule is O=C(O)CC1CN(C(=O)c2cc(Oc3ccccc3)ccn2)CCO1. The zero-order chi connectivity index (χ0) is 17.6. The van der Waals surface area contributed by atoms with Crippen LogP contribution in [0.3, 0.4) is 0 Å². The number of carboxylic acids is 1. The number of hydrogen-bond donors (Lipinski definition) is 1. The Morgan fingerprint density at radius 2 is 2.04 bits per heavy atom. The summed E-state index contributed by atoms with van der Waals surface area (Å²) in [6.45, 7) is 0.945. The summed E-state index contributed by atoms with van der Waals surface area (Å²) in [5, 5.41) is 8.87. The number of rotatable bonds is 5. The van der Waals surface area contributed by atoms with Crippen LogP contribution >= 0.6 is 0 Å². The molecule has 1 saturated heterocycles. The number of aromatic nitrogens is 1. The minimum Gasteiger partial charge on any atom is -0.481 e. The number of aliphatic carboxylic acids is 1. The predicted molar refractivity (Wildman–Crippen MR) is 88.6 cm³/mol. The van der Waals surface area contributed by atoms with Crippen molar-refractivity contribution in [3.8, 4) is 11.5 Å². The molecule has 0 spiro atoms. The number of nitrogens with zero attached hydrogens (tertiary/aromatic N) is 2. The van der Waals surface area contributed by atoms with Gasteiger partial charge in [-0.3, -0.25) is 14.6 Å². The molecule has 1 aliphatic rings. The van der Waals surface area contributed by atoms with Gasteiger partial charge in [0.05, 0.1) is 19.1 Å². The van der Waals surface area contributed by atoms with Crippen LogP contribution in [-0.2, 0) is 9.53 Å². The Hall–Kier alpha value is -2.93. The molecule has 0 bridgehead atoms. The highest BCUT2D eigenvalue weighted by Crippen LogP contribution is 2.22. The van der Waals surface area contributed by atoms with E-state index in [1.807, 2.05) is 30.3 Å². The Kier molecular flexibility index (Phi) is 5.25. The number of carbonyl (C=O) groups excluding carboxylic acids is 1. The predicted octanol–water partition coefficient (Wildman–Crippen LogP) is 2.19. The van der Waals surface area contributed by atoms with Crippen molar-refractivity contribution in [2.24, 2.45) is 0 Å². The van der Waals surface area contributed by atoms with Crippen LogP contribution < -0.4 is 4.74 Å². The fraction of sp³-hybridized carbons (Fsp3) is 0.278. The van der Waals surface area contributed by atoms with Crippen LogP contribution in [-0.4, -0.2) is 52.7 Å². The number of carbonyl (C=O) groups is 2. The van der Waals surface area contributed by atoms with Gasteiger partial charge in [0.1, 0.15) is 17.2 Å². The maximum Gasteiger partial charge on any atom is 0.306 e. The number of carboxylic acid groups (broad SMARTS) is 1. The minimum absolute atomic E-state index is 0.131. The molecule has 1 unspecified atom stereocenters. The lowest BCUT2D eigenvalue weighted by molar-refractivity contribution is -0.141. The molecule has 7 nitrogen and oxygen atoms in total. The molecule has 7 heteroatoms. The lowest BCUT2D eigenvalue weighted by Crippen LogP contribution is -2.46. The first-order valence-corrected chi connectivity index (χ1v) is 7.93. The standard InChI is InChI=1S/C18H18N2O5/c21-17(22)11-15-12-20(8-9-24-15)18(23)16-10-14(6-7-19-16)25-13-4-2-1-3-5-13/h1-7,10,15H,8-9,11-12H2,(H,21,22). The molecule has 0 aliphatic carbocycles. The maximum atomic E-state index is 12.6. The molecule has 2 aromatic rings. The summed E-state index contributed by atoms with van der Waals surface area (Å²) in [6.07, 6.45) is 0.883. The second-order valence-electron chi connectivity index (χ2n) is 5.63. The summed E-state index contributed by atoms with van der Waals surface area (Å²) in [5.74, 6) is -0.0345. The normalized spacial score (nSPS) is 17.1. The topological polar surface area (TPSA) is 89.0 Å². The van der Waals surface area contributed by atoms with Crippen molar-refractivity contribution < 1.29 is 24.2 Å². The van der Waals surface area contributed by atoms with Crippen LogP contribution in [0, 0.1) is 0 Å². The molecular weight excluding hydrogens is 324 g/mol. The van der Waals surface area contributed by atoms with Gasteiger partial charge in [0.15, 0.2) is 0 Å². The van der Waals surface area contributed by atoms with Gasteiger partial charge in [-0.1, -0.05) is 18.2 Å². The molecule has 1 aromatic heterocycles. The first kappa shape index (κ1) is 16.9. The van der Waals surface area contributed by atoms with E-state index in [-0.39, 0.29) is 24.6 Å². The Balaban J connectivity index is 1.69. The van der Waals surface area contributed by atoms with Crippen molar-refractivity contribution in [1.29, 1.82) is 0 Å². The largest absolute Gasteiger partial charge is 0.481 e. The number of amides is 1. The monoisotopic (exact) mass is 342 g/mol. The first-order valence-electron chi connectivity index (χ1n) is 7.93. The summed E-state index contributed by atoms with van der Waals surface area (Å²) < 4.78 is 11.1. The quantitative estimate of drug-likeness (QED) is 0.896. The van der Waals surface area contributed by atoms with Crippen molar-refractivity contribution in [3.05, 3.63) is 54.4 Å². The van der Waals surface area contributed by atoms with Gasteiger partial charge in [-0.25, -0.2) is 0 Å². The summed E-state index contributed by atoms with van der Waals surface area (Å²) in [4.78, 5) is 29.1. The van der Waals surface area contributed by atoms with Crippen LogP contribution in [0.1, 0.15) is 16.9 Å². The molecule has 130 valence electrons. The third-order valence-corrected chi connectivity index (χ3v) is 3.76. The molecule has 1 aromatic carbocycles. The molecule has 1 fully saturated rings. The van der Waals surface area contributed by atoms with Crippen LogP contribution in [0.2, 0.25) is 0 Å². The van der Waals surface area contributed by atoms with Gasteiger partial charge in [0.25, 0.3) is 5.91 Å². The van der Waals surface area contributed by atoms with Crippen molar-refractivity contribution in [2.45, 2.75) is 12.5 Å². The van der Waals surface area contributed by atoms with Gasteiger partial charge in [0, 0.05) is 25.4 Å². The number of pyridine rings is 1. The second-order valence-corrected chi connectivity index (χ2v) is 5.63. The van der Waals surface area contributed by atoms with Crippen LogP contribution in [0.25, 0.3) is 0 Å². The van der Waals surface area contributed by atoms with Crippen molar-refractivity contribution >= 4 is 11.9 Å². The molecule has 25 heavy (non-hydrogen) atoms. The number of ether oxygens (including phenoxy) is 2. The second kappa shape index (κ2) is 7.76. The van der Waals surface area contributed by atoms with E-state index in [0.717, 1.165) is 0 Å². The van der Waals surface area contributed by atoms with E-state index in [1.54, 1.807) is 17.0 Å². The van der Waals surface area contributed by atoms with E-state index in [1.165, 1.54) is 6.20 Å². The molecule has 3 rings (SSSR count). The fourth-order valence-electron chi connectivity index (χ4n) is 2.60. The molecule has 1 amide bonds. The van der Waals surface area contributed by atoms with Gasteiger partial charge in [-0.2, -0.15) is 0 Å². The summed E-state index contributed by atoms with van der Waals surface area (Å²) in [6, 6.07) is 12.5. The third-order valence-electron chi connectivity index (χ3n) is 3.76. The average Bonchev–Trinajstić information content (AvgIpc) is 2.62. The zero-order valence-electron chi connectivity index (χ0n) is 13.5. The molecule has 1 atom stereocenters. The summed E-state index contributed by atoms with van der Waals surface area (Å²) in [7, 11) is 0. The zero-order valence-corrected chi connectivity index (χ0v) is 13.5. The molecule has 0 saturated carbocycles. The average molecular weight is 342 g/mol.